The summed E-state index contributed by atoms with van der Waals surface area (Å²) in [7, 11) is 0. The minimum Gasteiger partial charge on any atom is -0.330 e. The van der Waals surface area contributed by atoms with Gasteiger partial charge in [-0.2, -0.15) is 0 Å². The number of nitrogens with two attached hydrogens (primary N) is 1. The van der Waals surface area contributed by atoms with Crippen LogP contribution < -0.4 is 5.73 Å². The van der Waals surface area contributed by atoms with Crippen molar-refractivity contribution in [2.75, 3.05) is 6.54 Å². The second-order valence-corrected chi connectivity index (χ2v) is 4.37. The van der Waals surface area contributed by atoms with E-state index in [0.29, 0.717) is 5.92 Å². The molecule has 2 N–H and O–H groups in total. The average molecular weight is 198 g/mol. The molecule has 0 amide bonds. The van der Waals surface area contributed by atoms with Crippen LogP contribution in [0.4, 0.5) is 0 Å². The Kier molecular flexibility index (Phi) is 3.88. The predicted octanol–water partition coefficient (Wildman–Crippen LogP) is 2.47. The molecular formula is C10H18N2S. The maximum Gasteiger partial charge on any atom is 0.0928 e. The molecule has 0 spiro atoms. The molecule has 1 aromatic rings. The quantitative estimate of drug-likeness (QED) is 0.807. The minimum atomic E-state index is 0.512. The first-order chi connectivity index (χ1) is 6.22. The van der Waals surface area contributed by atoms with Gasteiger partial charge in [0.15, 0.2) is 0 Å². The van der Waals surface area contributed by atoms with Gasteiger partial charge < -0.3 is 5.73 Å². The Morgan fingerprint density at radius 3 is 2.54 bits per heavy atom. The molecule has 1 unspecified atom stereocenters. The third kappa shape index (κ3) is 2.29. The van der Waals surface area contributed by atoms with E-state index >= 15 is 0 Å². The van der Waals surface area contributed by atoms with E-state index < -0.39 is 0 Å². The molecular weight excluding hydrogens is 180 g/mol. The summed E-state index contributed by atoms with van der Waals surface area (Å²) >= 11 is 1.83. The van der Waals surface area contributed by atoms with Gasteiger partial charge in [0, 0.05) is 17.3 Å². The van der Waals surface area contributed by atoms with Gasteiger partial charge in [-0.25, -0.2) is 4.98 Å². The van der Waals surface area contributed by atoms with Gasteiger partial charge in [-0.1, -0.05) is 13.8 Å². The Hall–Kier alpha value is -0.410. The lowest BCUT2D eigenvalue weighted by Crippen LogP contribution is -2.11. The number of hydrogen-bond donors (Lipinski definition) is 1. The van der Waals surface area contributed by atoms with Gasteiger partial charge in [0.1, 0.15) is 0 Å². The summed E-state index contributed by atoms with van der Waals surface area (Å²) in [5.41, 5.74) is 6.89. The van der Waals surface area contributed by atoms with Crippen LogP contribution >= 0.6 is 11.3 Å². The summed E-state index contributed by atoms with van der Waals surface area (Å²) in [6.07, 6.45) is 2.15. The second-order valence-electron chi connectivity index (χ2n) is 3.25. The van der Waals surface area contributed by atoms with Crippen LogP contribution in [0.3, 0.4) is 0 Å². The van der Waals surface area contributed by atoms with Crippen molar-refractivity contribution in [3.8, 4) is 0 Å². The van der Waals surface area contributed by atoms with Crippen molar-refractivity contribution in [1.29, 1.82) is 0 Å². The van der Waals surface area contributed by atoms with E-state index in [0.717, 1.165) is 19.4 Å². The van der Waals surface area contributed by atoms with Crippen molar-refractivity contribution in [2.45, 2.75) is 39.5 Å². The molecule has 0 radical (unpaired) electrons. The van der Waals surface area contributed by atoms with E-state index in [4.69, 9.17) is 5.73 Å². The van der Waals surface area contributed by atoms with E-state index in [9.17, 15) is 0 Å². The molecule has 0 bridgehead atoms. The summed E-state index contributed by atoms with van der Waals surface area (Å²) in [5, 5.41) is 1.24. The molecule has 0 fully saturated rings. The lowest BCUT2D eigenvalue weighted by atomic mass is 10.0. The van der Waals surface area contributed by atoms with Crippen LogP contribution in [-0.2, 0) is 6.42 Å². The first kappa shape index (κ1) is 10.7. The topological polar surface area (TPSA) is 38.9 Å². The van der Waals surface area contributed by atoms with Crippen LogP contribution in [0.15, 0.2) is 0 Å². The Morgan fingerprint density at radius 1 is 1.46 bits per heavy atom. The van der Waals surface area contributed by atoms with E-state index in [1.165, 1.54) is 15.6 Å². The third-order valence-electron chi connectivity index (χ3n) is 2.33. The first-order valence-corrected chi connectivity index (χ1v) is 5.70. The fraction of sp³-hybridized carbons (Fsp3) is 0.700. The molecule has 0 saturated heterocycles. The summed E-state index contributed by atoms with van der Waals surface area (Å²) in [5.74, 6) is 0.512. The standard InChI is InChI=1S/C10H18N2S/c1-4-8(6-11)10-7(3)12-9(5-2)13-10/h8H,4-6,11H2,1-3H3. The second kappa shape index (κ2) is 4.72. The maximum atomic E-state index is 5.71. The van der Waals surface area contributed by atoms with Crippen LogP contribution in [0.1, 0.15) is 41.8 Å². The Bertz CT molecular complexity index is 264. The molecule has 1 rings (SSSR count). The minimum absolute atomic E-state index is 0.512. The van der Waals surface area contributed by atoms with Crippen LogP contribution in [0.5, 0.6) is 0 Å². The zero-order valence-corrected chi connectivity index (χ0v) is 9.45. The number of aryl methyl sites for hydroxylation is 2. The van der Waals surface area contributed by atoms with Gasteiger partial charge in [-0.3, -0.25) is 0 Å². The fourth-order valence-electron chi connectivity index (χ4n) is 1.45. The largest absolute Gasteiger partial charge is 0.330 e. The highest BCUT2D eigenvalue weighted by atomic mass is 32.1. The maximum absolute atomic E-state index is 5.71. The zero-order valence-electron chi connectivity index (χ0n) is 8.63. The first-order valence-electron chi connectivity index (χ1n) is 4.89. The molecule has 0 aliphatic heterocycles. The van der Waals surface area contributed by atoms with Crippen molar-refractivity contribution in [2.24, 2.45) is 5.73 Å². The van der Waals surface area contributed by atoms with Gasteiger partial charge in [0.2, 0.25) is 0 Å². The number of rotatable bonds is 4. The Balaban J connectivity index is 2.91. The van der Waals surface area contributed by atoms with Gasteiger partial charge in [-0.15, -0.1) is 11.3 Å². The molecule has 74 valence electrons. The lowest BCUT2D eigenvalue weighted by molar-refractivity contribution is 0.680. The van der Waals surface area contributed by atoms with Crippen molar-refractivity contribution in [1.82, 2.24) is 4.98 Å². The number of nitrogens with zero attached hydrogens (tertiary/aromatic N) is 1. The smallest absolute Gasteiger partial charge is 0.0928 e. The SMILES string of the molecule is CCc1nc(C)c(C(CC)CN)s1. The molecule has 2 nitrogen and oxygen atoms in total. The number of hydrogen-bond acceptors (Lipinski definition) is 3. The molecule has 0 aliphatic carbocycles. The van der Waals surface area contributed by atoms with E-state index in [1.807, 2.05) is 11.3 Å². The molecule has 0 saturated carbocycles. The lowest BCUT2D eigenvalue weighted by Gasteiger charge is -2.09. The Labute approximate surface area is 84.2 Å². The van der Waals surface area contributed by atoms with Gasteiger partial charge >= 0.3 is 0 Å². The van der Waals surface area contributed by atoms with Crippen molar-refractivity contribution in [3.05, 3.63) is 15.6 Å². The zero-order chi connectivity index (χ0) is 9.84. The highest BCUT2D eigenvalue weighted by Gasteiger charge is 2.14. The summed E-state index contributed by atoms with van der Waals surface area (Å²) in [6.45, 7) is 7.15. The van der Waals surface area contributed by atoms with E-state index in [-0.39, 0.29) is 0 Å². The van der Waals surface area contributed by atoms with E-state index in [2.05, 4.69) is 25.8 Å². The fourth-order valence-corrected chi connectivity index (χ4v) is 2.66. The highest BCUT2D eigenvalue weighted by Crippen LogP contribution is 2.28. The molecule has 1 atom stereocenters. The monoisotopic (exact) mass is 198 g/mol. The van der Waals surface area contributed by atoms with Gasteiger partial charge in [-0.05, 0) is 19.8 Å². The molecule has 3 heteroatoms. The van der Waals surface area contributed by atoms with Gasteiger partial charge in [0.05, 0.1) is 10.7 Å². The van der Waals surface area contributed by atoms with Crippen LogP contribution in [-0.4, -0.2) is 11.5 Å². The summed E-state index contributed by atoms with van der Waals surface area (Å²) in [6, 6.07) is 0. The van der Waals surface area contributed by atoms with Crippen LogP contribution in [0.25, 0.3) is 0 Å². The van der Waals surface area contributed by atoms with Crippen LogP contribution in [0, 0.1) is 6.92 Å². The molecule has 0 aliphatic rings. The normalized spacial score (nSPS) is 13.2. The molecule has 1 heterocycles. The molecule has 1 aromatic heterocycles. The third-order valence-corrected chi connectivity index (χ3v) is 3.79. The predicted molar refractivity (Wildman–Crippen MR) is 58.3 cm³/mol. The summed E-state index contributed by atoms with van der Waals surface area (Å²) in [4.78, 5) is 5.90. The number of aromatic nitrogens is 1. The van der Waals surface area contributed by atoms with Crippen molar-refractivity contribution >= 4 is 11.3 Å². The molecule has 0 aromatic carbocycles. The van der Waals surface area contributed by atoms with E-state index in [1.54, 1.807) is 0 Å². The average Bonchev–Trinajstić information content (AvgIpc) is 2.50. The summed E-state index contributed by atoms with van der Waals surface area (Å²) < 4.78 is 0. The Morgan fingerprint density at radius 2 is 2.15 bits per heavy atom. The van der Waals surface area contributed by atoms with Crippen molar-refractivity contribution < 1.29 is 0 Å². The highest BCUT2D eigenvalue weighted by molar-refractivity contribution is 7.11. The van der Waals surface area contributed by atoms with Gasteiger partial charge in [0.25, 0.3) is 0 Å². The number of thiazole rings is 1. The van der Waals surface area contributed by atoms with Crippen LogP contribution in [0.2, 0.25) is 0 Å². The molecule has 13 heavy (non-hydrogen) atoms. The van der Waals surface area contributed by atoms with Crippen molar-refractivity contribution in [3.63, 3.8) is 0 Å².